The van der Waals surface area contributed by atoms with Crippen molar-refractivity contribution in [2.75, 3.05) is 11.4 Å². The minimum absolute atomic E-state index is 0.333. The second-order valence-corrected chi connectivity index (χ2v) is 9.25. The average Bonchev–Trinajstić information content (AvgIpc) is 3.30. The van der Waals surface area contributed by atoms with E-state index in [-0.39, 0.29) is 6.09 Å². The first-order chi connectivity index (χ1) is 15.0. The molecule has 1 aliphatic heterocycles. The van der Waals surface area contributed by atoms with Crippen molar-refractivity contribution in [2.24, 2.45) is 5.92 Å². The zero-order chi connectivity index (χ0) is 21.6. The predicted octanol–water partition coefficient (Wildman–Crippen LogP) is 5.80. The zero-order valence-corrected chi connectivity index (χ0v) is 18.2. The van der Waals surface area contributed by atoms with Gasteiger partial charge in [0.25, 0.3) is 0 Å². The molecule has 1 aliphatic carbocycles. The molecule has 0 radical (unpaired) electrons. The smallest absolute Gasteiger partial charge is 0.415 e. The number of nitrogens with zero attached hydrogens (tertiary/aromatic N) is 4. The summed E-state index contributed by atoms with van der Waals surface area (Å²) in [4.78, 5) is 18.8. The van der Waals surface area contributed by atoms with E-state index >= 15 is 0 Å². The zero-order valence-electron chi connectivity index (χ0n) is 16.7. The summed E-state index contributed by atoms with van der Waals surface area (Å²) in [5.41, 5.74) is 2.50. The highest BCUT2D eigenvalue weighted by atomic mass is 35.5. The van der Waals surface area contributed by atoms with E-state index in [2.05, 4.69) is 15.6 Å². The van der Waals surface area contributed by atoms with E-state index < -0.39 is 5.60 Å². The molecule has 0 bridgehead atoms. The fraction of sp³-hybridized carbons (Fsp3) is 0.348. The molecule has 2 atom stereocenters. The molecule has 0 N–H and O–H groups in total. The first-order valence-corrected chi connectivity index (χ1v) is 11.0. The van der Waals surface area contributed by atoms with Crippen molar-refractivity contribution in [1.82, 2.24) is 9.55 Å². The number of carbonyl (C=O) groups excluding carboxylic acids is 1. The van der Waals surface area contributed by atoms with Gasteiger partial charge in [0, 0.05) is 11.6 Å². The van der Waals surface area contributed by atoms with Crippen molar-refractivity contribution in [3.05, 3.63) is 58.3 Å². The van der Waals surface area contributed by atoms with Crippen LogP contribution in [-0.4, -0.2) is 27.8 Å². The maximum absolute atomic E-state index is 12.7. The molecule has 2 aromatic carbocycles. The Bertz CT molecular complexity index is 1220. The SMILES string of the molecule is N#Cc1ccc2ncn(C[C@H]3CCC[C@]4(C3)CN(c3cc(Cl)ccc3Cl)C(=O)O4)c2c1. The van der Waals surface area contributed by atoms with E-state index in [0.717, 1.165) is 43.3 Å². The number of carbonyl (C=O) groups is 1. The van der Waals surface area contributed by atoms with Gasteiger partial charge in [-0.05, 0) is 68.0 Å². The third-order valence-electron chi connectivity index (χ3n) is 6.28. The minimum Gasteiger partial charge on any atom is -0.441 e. The van der Waals surface area contributed by atoms with Gasteiger partial charge in [0.05, 0.1) is 46.2 Å². The number of hydrogen-bond donors (Lipinski definition) is 0. The fourth-order valence-electron chi connectivity index (χ4n) is 4.89. The van der Waals surface area contributed by atoms with Gasteiger partial charge in [-0.25, -0.2) is 9.78 Å². The third-order valence-corrected chi connectivity index (χ3v) is 6.83. The highest BCUT2D eigenvalue weighted by Crippen LogP contribution is 2.43. The molecule has 1 spiro atoms. The van der Waals surface area contributed by atoms with Gasteiger partial charge in [-0.2, -0.15) is 5.26 Å². The van der Waals surface area contributed by atoms with Crippen LogP contribution < -0.4 is 4.90 Å². The summed E-state index contributed by atoms with van der Waals surface area (Å²) in [5, 5.41) is 10.2. The van der Waals surface area contributed by atoms with Crippen LogP contribution in [0.2, 0.25) is 10.0 Å². The van der Waals surface area contributed by atoms with Crippen molar-refractivity contribution >= 4 is 46.0 Å². The molecule has 2 heterocycles. The van der Waals surface area contributed by atoms with Gasteiger partial charge in [-0.3, -0.25) is 4.90 Å². The highest BCUT2D eigenvalue weighted by molar-refractivity contribution is 6.35. The van der Waals surface area contributed by atoms with Gasteiger partial charge < -0.3 is 9.30 Å². The molecule has 1 saturated carbocycles. The number of amides is 1. The van der Waals surface area contributed by atoms with Crippen molar-refractivity contribution < 1.29 is 9.53 Å². The standard InChI is InChI=1S/C23H20Cl2N4O2/c24-17-4-5-18(25)20(9-17)29-13-23(31-22(29)30)7-1-2-16(10-23)12-28-14-27-19-6-3-15(11-26)8-21(19)28/h3-6,8-9,14,16H,1-2,7,10,12-13H2/t16-,23-/m0/s1. The Hall–Kier alpha value is -2.75. The summed E-state index contributed by atoms with van der Waals surface area (Å²) in [6.45, 7) is 1.23. The summed E-state index contributed by atoms with van der Waals surface area (Å²) in [6.07, 6.45) is 5.07. The van der Waals surface area contributed by atoms with Crippen molar-refractivity contribution in [2.45, 2.75) is 37.8 Å². The predicted molar refractivity (Wildman–Crippen MR) is 119 cm³/mol. The molecular formula is C23H20Cl2N4O2. The molecule has 8 heteroatoms. The Labute approximate surface area is 189 Å². The van der Waals surface area contributed by atoms with Gasteiger partial charge in [0.15, 0.2) is 0 Å². The van der Waals surface area contributed by atoms with Crippen LogP contribution in [0.5, 0.6) is 0 Å². The number of halogens is 2. The van der Waals surface area contributed by atoms with Crippen molar-refractivity contribution in [1.29, 1.82) is 5.26 Å². The summed E-state index contributed by atoms with van der Waals surface area (Å²) in [5.74, 6) is 0.333. The summed E-state index contributed by atoms with van der Waals surface area (Å²) in [6, 6.07) is 12.8. The van der Waals surface area contributed by atoms with E-state index in [1.165, 1.54) is 0 Å². The molecule has 158 valence electrons. The van der Waals surface area contributed by atoms with Gasteiger partial charge in [0.2, 0.25) is 0 Å². The van der Waals surface area contributed by atoms with Crippen LogP contribution in [0.25, 0.3) is 11.0 Å². The molecule has 3 aromatic rings. The number of fused-ring (bicyclic) bond motifs is 1. The molecule has 5 rings (SSSR count). The Morgan fingerprint density at radius 2 is 2.13 bits per heavy atom. The summed E-state index contributed by atoms with van der Waals surface area (Å²) < 4.78 is 8.04. The Kier molecular flexibility index (Phi) is 5.04. The van der Waals surface area contributed by atoms with Crippen LogP contribution in [0.3, 0.4) is 0 Å². The number of rotatable bonds is 3. The van der Waals surface area contributed by atoms with E-state index in [4.69, 9.17) is 27.9 Å². The normalized spacial score (nSPS) is 23.3. The van der Waals surface area contributed by atoms with Crippen LogP contribution in [-0.2, 0) is 11.3 Å². The molecule has 2 aliphatic rings. The molecular weight excluding hydrogens is 435 g/mol. The van der Waals surface area contributed by atoms with Crippen LogP contribution >= 0.6 is 23.2 Å². The minimum atomic E-state index is -0.528. The number of nitriles is 1. The fourth-order valence-corrected chi connectivity index (χ4v) is 5.27. The lowest BCUT2D eigenvalue weighted by molar-refractivity contribution is 0.00439. The molecule has 1 amide bonds. The summed E-state index contributed by atoms with van der Waals surface area (Å²) >= 11 is 12.5. The molecule has 2 fully saturated rings. The first-order valence-electron chi connectivity index (χ1n) is 10.3. The molecule has 0 unspecified atom stereocenters. The van der Waals surface area contributed by atoms with Crippen LogP contribution in [0.4, 0.5) is 10.5 Å². The maximum Gasteiger partial charge on any atom is 0.415 e. The molecule has 6 nitrogen and oxygen atoms in total. The number of ether oxygens (including phenoxy) is 1. The van der Waals surface area contributed by atoms with Crippen LogP contribution in [0.15, 0.2) is 42.7 Å². The van der Waals surface area contributed by atoms with Gasteiger partial charge in [0.1, 0.15) is 5.60 Å². The lowest BCUT2D eigenvalue weighted by atomic mass is 9.78. The van der Waals surface area contributed by atoms with Crippen molar-refractivity contribution in [3.63, 3.8) is 0 Å². The second kappa shape index (κ2) is 7.74. The average molecular weight is 455 g/mol. The quantitative estimate of drug-likeness (QED) is 0.501. The molecule has 31 heavy (non-hydrogen) atoms. The lowest BCUT2D eigenvalue weighted by Gasteiger charge is -2.36. The monoisotopic (exact) mass is 454 g/mol. The van der Waals surface area contributed by atoms with Crippen LogP contribution in [0, 0.1) is 17.2 Å². The van der Waals surface area contributed by atoms with Gasteiger partial charge >= 0.3 is 6.09 Å². The van der Waals surface area contributed by atoms with E-state index in [9.17, 15) is 10.1 Å². The lowest BCUT2D eigenvalue weighted by Crippen LogP contribution is -2.40. The van der Waals surface area contributed by atoms with E-state index in [1.54, 1.807) is 29.2 Å². The van der Waals surface area contributed by atoms with Crippen molar-refractivity contribution in [3.8, 4) is 6.07 Å². The second-order valence-electron chi connectivity index (χ2n) is 8.41. The number of aromatic nitrogens is 2. The third kappa shape index (κ3) is 3.73. The molecule has 1 saturated heterocycles. The number of hydrogen-bond acceptors (Lipinski definition) is 4. The Morgan fingerprint density at radius 1 is 1.26 bits per heavy atom. The topological polar surface area (TPSA) is 71.2 Å². The first kappa shape index (κ1) is 20.2. The number of imidazole rings is 1. The Balaban J connectivity index is 1.37. The van der Waals surface area contributed by atoms with Gasteiger partial charge in [-0.1, -0.05) is 23.2 Å². The van der Waals surface area contributed by atoms with Crippen LogP contribution in [0.1, 0.15) is 31.2 Å². The number of anilines is 1. The largest absolute Gasteiger partial charge is 0.441 e. The van der Waals surface area contributed by atoms with E-state index in [0.29, 0.717) is 33.8 Å². The number of benzene rings is 2. The van der Waals surface area contributed by atoms with E-state index in [1.807, 2.05) is 18.5 Å². The molecule has 1 aromatic heterocycles. The van der Waals surface area contributed by atoms with Gasteiger partial charge in [-0.15, -0.1) is 0 Å². The summed E-state index contributed by atoms with van der Waals surface area (Å²) in [7, 11) is 0. The highest BCUT2D eigenvalue weighted by Gasteiger charge is 2.48. The Morgan fingerprint density at radius 3 is 2.97 bits per heavy atom. The maximum atomic E-state index is 12.7.